The molecular weight excluding hydrogens is 258 g/mol. The van der Waals surface area contributed by atoms with E-state index in [9.17, 15) is 13.2 Å². The van der Waals surface area contributed by atoms with E-state index in [1.807, 2.05) is 13.8 Å². The summed E-state index contributed by atoms with van der Waals surface area (Å²) in [7, 11) is -2.81. The van der Waals surface area contributed by atoms with Gasteiger partial charge in [0.1, 0.15) is 5.75 Å². The van der Waals surface area contributed by atoms with E-state index in [1.165, 1.54) is 24.3 Å². The van der Waals surface area contributed by atoms with Crippen LogP contribution in [0.4, 0.5) is 4.79 Å². The second kappa shape index (κ2) is 5.72. The number of carbonyl (C=O) groups is 1. The second-order valence-corrected chi connectivity index (χ2v) is 5.42. The Morgan fingerprint density at radius 1 is 1.22 bits per heavy atom. The van der Waals surface area contributed by atoms with Crippen molar-refractivity contribution in [2.45, 2.75) is 24.8 Å². The number of sulfonamides is 1. The number of amides is 1. The number of ether oxygens (including phenoxy) is 2. The van der Waals surface area contributed by atoms with Crippen LogP contribution in [0.3, 0.4) is 0 Å². The van der Waals surface area contributed by atoms with Gasteiger partial charge >= 0.3 is 6.09 Å². The maximum atomic E-state index is 11.7. The van der Waals surface area contributed by atoms with Crippen LogP contribution in [0.15, 0.2) is 29.2 Å². The molecule has 0 bridgehead atoms. The Labute approximate surface area is 106 Å². The first-order chi connectivity index (χ1) is 8.35. The summed E-state index contributed by atoms with van der Waals surface area (Å²) in [6.45, 7) is 3.73. The van der Waals surface area contributed by atoms with Crippen LogP contribution in [-0.2, 0) is 14.8 Å². The minimum atomic E-state index is -3.90. The molecule has 0 aliphatic heterocycles. The fourth-order valence-corrected chi connectivity index (χ4v) is 2.09. The van der Waals surface area contributed by atoms with Crippen LogP contribution in [0.2, 0.25) is 0 Å². The van der Waals surface area contributed by atoms with Crippen molar-refractivity contribution >= 4 is 16.1 Å². The molecule has 0 heterocycles. The topological polar surface area (TPSA) is 81.7 Å². The van der Waals surface area contributed by atoms with Crippen molar-refractivity contribution in [2.75, 3.05) is 7.11 Å². The zero-order chi connectivity index (χ0) is 13.8. The Balaban J connectivity index is 2.87. The van der Waals surface area contributed by atoms with Gasteiger partial charge in [-0.25, -0.2) is 17.9 Å². The van der Waals surface area contributed by atoms with E-state index < -0.39 is 16.1 Å². The number of nitrogens with one attached hydrogen (secondary N) is 1. The third kappa shape index (κ3) is 3.92. The van der Waals surface area contributed by atoms with E-state index in [-0.39, 0.29) is 11.0 Å². The van der Waals surface area contributed by atoms with Crippen LogP contribution in [0.1, 0.15) is 13.8 Å². The molecule has 100 valence electrons. The highest BCUT2D eigenvalue weighted by atomic mass is 32.2. The van der Waals surface area contributed by atoms with Gasteiger partial charge in [-0.1, -0.05) is 0 Å². The summed E-state index contributed by atoms with van der Waals surface area (Å²) < 4.78 is 34.7. The average molecular weight is 273 g/mol. The fraction of sp³-hybridized carbons (Fsp3) is 0.364. The molecule has 0 fully saturated rings. The summed E-state index contributed by atoms with van der Waals surface area (Å²) in [5, 5.41) is 0. The van der Waals surface area contributed by atoms with Crippen molar-refractivity contribution in [3.05, 3.63) is 24.3 Å². The largest absolute Gasteiger partial charge is 0.491 e. The summed E-state index contributed by atoms with van der Waals surface area (Å²) in [6, 6.07) is 5.74. The lowest BCUT2D eigenvalue weighted by molar-refractivity contribution is 0.177. The molecule has 1 N–H and O–H groups in total. The molecule has 0 aromatic heterocycles. The van der Waals surface area contributed by atoms with Crippen LogP contribution >= 0.6 is 0 Å². The Hall–Kier alpha value is -1.76. The Morgan fingerprint density at radius 2 is 1.78 bits per heavy atom. The summed E-state index contributed by atoms with van der Waals surface area (Å²) in [4.78, 5) is 10.8. The lowest BCUT2D eigenvalue weighted by Crippen LogP contribution is -2.30. The SMILES string of the molecule is COC(=O)NS(=O)(=O)c1ccc(OC(C)C)cc1. The molecule has 0 saturated carbocycles. The number of rotatable bonds is 4. The number of hydrogen-bond donors (Lipinski definition) is 1. The van der Waals surface area contributed by atoms with Gasteiger partial charge in [0.2, 0.25) is 0 Å². The third-order valence-electron chi connectivity index (χ3n) is 1.91. The van der Waals surface area contributed by atoms with E-state index in [2.05, 4.69) is 4.74 Å². The van der Waals surface area contributed by atoms with E-state index in [0.717, 1.165) is 7.11 Å². The molecule has 1 rings (SSSR count). The van der Waals surface area contributed by atoms with E-state index in [1.54, 1.807) is 4.72 Å². The number of benzene rings is 1. The van der Waals surface area contributed by atoms with Crippen molar-refractivity contribution in [1.82, 2.24) is 4.72 Å². The molecule has 0 spiro atoms. The monoisotopic (exact) mass is 273 g/mol. The Morgan fingerprint density at radius 3 is 2.22 bits per heavy atom. The lowest BCUT2D eigenvalue weighted by Gasteiger charge is -2.10. The van der Waals surface area contributed by atoms with Gasteiger partial charge in [0.05, 0.1) is 18.1 Å². The molecule has 1 aromatic rings. The molecule has 0 saturated heterocycles. The highest BCUT2D eigenvalue weighted by molar-refractivity contribution is 7.90. The summed E-state index contributed by atoms with van der Waals surface area (Å²) in [5.41, 5.74) is 0. The third-order valence-corrected chi connectivity index (χ3v) is 3.24. The minimum Gasteiger partial charge on any atom is -0.491 e. The molecule has 7 heteroatoms. The van der Waals surface area contributed by atoms with Crippen molar-refractivity contribution in [3.63, 3.8) is 0 Å². The first kappa shape index (κ1) is 14.3. The van der Waals surface area contributed by atoms with E-state index in [0.29, 0.717) is 5.75 Å². The van der Waals surface area contributed by atoms with Crippen molar-refractivity contribution in [1.29, 1.82) is 0 Å². The van der Waals surface area contributed by atoms with Gasteiger partial charge in [-0.2, -0.15) is 0 Å². The van der Waals surface area contributed by atoms with Crippen molar-refractivity contribution in [3.8, 4) is 5.75 Å². The maximum Gasteiger partial charge on any atom is 0.420 e. The van der Waals surface area contributed by atoms with E-state index >= 15 is 0 Å². The molecular formula is C11H15NO5S. The van der Waals surface area contributed by atoms with Crippen LogP contribution in [-0.4, -0.2) is 27.7 Å². The van der Waals surface area contributed by atoms with Crippen molar-refractivity contribution in [2.24, 2.45) is 0 Å². The quantitative estimate of drug-likeness (QED) is 0.899. The molecule has 0 unspecified atom stereocenters. The second-order valence-electron chi connectivity index (χ2n) is 3.74. The highest BCUT2D eigenvalue weighted by Crippen LogP contribution is 2.16. The standard InChI is InChI=1S/C11H15NO5S/c1-8(2)17-9-4-6-10(7-5-9)18(14,15)12-11(13)16-3/h4-8H,1-3H3,(H,12,13). The molecule has 6 nitrogen and oxygen atoms in total. The van der Waals surface area contributed by atoms with Gasteiger partial charge in [-0.15, -0.1) is 0 Å². The lowest BCUT2D eigenvalue weighted by atomic mass is 10.3. The van der Waals surface area contributed by atoms with E-state index in [4.69, 9.17) is 4.74 Å². The maximum absolute atomic E-state index is 11.7. The first-order valence-corrected chi connectivity index (χ1v) is 6.71. The molecule has 0 atom stereocenters. The summed E-state index contributed by atoms with van der Waals surface area (Å²) in [5.74, 6) is 0.557. The Kier molecular flexibility index (Phi) is 4.55. The van der Waals surface area contributed by atoms with Crippen LogP contribution < -0.4 is 9.46 Å². The van der Waals surface area contributed by atoms with Gasteiger partial charge < -0.3 is 9.47 Å². The Bertz CT molecular complexity index is 507. The predicted molar refractivity (Wildman–Crippen MR) is 64.9 cm³/mol. The summed E-state index contributed by atoms with van der Waals surface area (Å²) >= 11 is 0. The smallest absolute Gasteiger partial charge is 0.420 e. The summed E-state index contributed by atoms with van der Waals surface area (Å²) in [6.07, 6.45) is -1.03. The fourth-order valence-electron chi connectivity index (χ4n) is 1.18. The molecule has 0 aliphatic rings. The average Bonchev–Trinajstić information content (AvgIpc) is 2.28. The number of hydrogen-bond acceptors (Lipinski definition) is 5. The zero-order valence-corrected chi connectivity index (χ0v) is 11.2. The van der Waals surface area contributed by atoms with Gasteiger partial charge in [-0.3, -0.25) is 0 Å². The van der Waals surface area contributed by atoms with Gasteiger partial charge in [0, 0.05) is 0 Å². The van der Waals surface area contributed by atoms with Gasteiger partial charge in [-0.05, 0) is 38.1 Å². The zero-order valence-electron chi connectivity index (χ0n) is 10.3. The molecule has 0 aliphatic carbocycles. The molecule has 0 radical (unpaired) electrons. The van der Waals surface area contributed by atoms with Gasteiger partial charge in [0.25, 0.3) is 10.0 Å². The molecule has 1 aromatic carbocycles. The molecule has 18 heavy (non-hydrogen) atoms. The predicted octanol–water partition coefficient (Wildman–Crippen LogP) is 1.52. The highest BCUT2D eigenvalue weighted by Gasteiger charge is 2.17. The number of carbonyl (C=O) groups excluding carboxylic acids is 1. The van der Waals surface area contributed by atoms with Gasteiger partial charge in [0.15, 0.2) is 0 Å². The first-order valence-electron chi connectivity index (χ1n) is 5.22. The normalized spacial score (nSPS) is 11.1. The van der Waals surface area contributed by atoms with Crippen LogP contribution in [0, 0.1) is 0 Å². The minimum absolute atomic E-state index is 0.000603. The molecule has 1 amide bonds. The van der Waals surface area contributed by atoms with Crippen LogP contribution in [0.25, 0.3) is 0 Å². The van der Waals surface area contributed by atoms with Crippen molar-refractivity contribution < 1.29 is 22.7 Å². The number of methoxy groups -OCH3 is 1. The van der Waals surface area contributed by atoms with Crippen LogP contribution in [0.5, 0.6) is 5.75 Å².